The second kappa shape index (κ2) is 8.49. The lowest BCUT2D eigenvalue weighted by atomic mass is 10.1. The molecule has 0 radical (unpaired) electrons. The van der Waals surface area contributed by atoms with Crippen molar-refractivity contribution in [3.63, 3.8) is 0 Å². The highest BCUT2D eigenvalue weighted by Gasteiger charge is 2.26. The second-order valence-corrected chi connectivity index (χ2v) is 9.91. The van der Waals surface area contributed by atoms with E-state index in [4.69, 9.17) is 26.5 Å². The van der Waals surface area contributed by atoms with E-state index in [9.17, 15) is 9.59 Å². The van der Waals surface area contributed by atoms with Gasteiger partial charge in [0.05, 0.1) is 10.6 Å². The standard InChI is InChI=1S/C25H26ClN5O4/c1-25(2,3)35-24(33)30-13-11-29(12-14-30)16-9-7-15(8-10-16)19-21(27)28-31-22(32)20-17(26)5-4-6-18(20)34-23(19)31/h4-10H,11-14H2,1-3H3,(H2,27,28). The lowest BCUT2D eigenvalue weighted by Crippen LogP contribution is -2.50. The minimum absolute atomic E-state index is 0.191. The fourth-order valence-electron chi connectivity index (χ4n) is 4.24. The molecule has 3 heterocycles. The van der Waals surface area contributed by atoms with Crippen LogP contribution < -0.4 is 16.2 Å². The highest BCUT2D eigenvalue weighted by atomic mass is 35.5. The van der Waals surface area contributed by atoms with Crippen LogP contribution in [0.3, 0.4) is 0 Å². The summed E-state index contributed by atoms with van der Waals surface area (Å²) in [5.74, 6) is 0.191. The summed E-state index contributed by atoms with van der Waals surface area (Å²) in [5.41, 5.74) is 8.28. The molecule has 0 atom stereocenters. The Morgan fingerprint density at radius 3 is 2.43 bits per heavy atom. The molecule has 0 spiro atoms. The molecule has 1 fully saturated rings. The Kier molecular flexibility index (Phi) is 5.59. The minimum atomic E-state index is -0.512. The number of nitrogens with two attached hydrogens (primary N) is 1. The molecule has 0 aliphatic carbocycles. The van der Waals surface area contributed by atoms with Gasteiger partial charge in [0.2, 0.25) is 5.71 Å². The van der Waals surface area contributed by atoms with Crippen LogP contribution in [0.5, 0.6) is 0 Å². The number of fused-ring (bicyclic) bond motifs is 2. The molecule has 1 saturated heterocycles. The molecule has 0 saturated carbocycles. The molecule has 0 unspecified atom stereocenters. The molecular formula is C25H26ClN5O4. The van der Waals surface area contributed by atoms with Crippen molar-refractivity contribution in [2.45, 2.75) is 26.4 Å². The van der Waals surface area contributed by atoms with Crippen molar-refractivity contribution in [3.05, 3.63) is 57.8 Å². The first-order valence-corrected chi connectivity index (χ1v) is 11.7. The zero-order chi connectivity index (χ0) is 24.9. The van der Waals surface area contributed by atoms with Gasteiger partial charge in [0.15, 0.2) is 5.82 Å². The first kappa shape index (κ1) is 23.0. The largest absolute Gasteiger partial charge is 0.444 e. The van der Waals surface area contributed by atoms with Gasteiger partial charge >= 0.3 is 6.09 Å². The summed E-state index contributed by atoms with van der Waals surface area (Å²) < 4.78 is 12.6. The quantitative estimate of drug-likeness (QED) is 0.439. The van der Waals surface area contributed by atoms with Crippen molar-refractivity contribution in [3.8, 4) is 11.1 Å². The van der Waals surface area contributed by atoms with Gasteiger partial charge in [-0.2, -0.15) is 4.52 Å². The highest BCUT2D eigenvalue weighted by molar-refractivity contribution is 6.35. The predicted molar refractivity (Wildman–Crippen MR) is 136 cm³/mol. The van der Waals surface area contributed by atoms with E-state index in [0.29, 0.717) is 42.3 Å². The van der Waals surface area contributed by atoms with Gasteiger partial charge in [-0.25, -0.2) is 4.79 Å². The lowest BCUT2D eigenvalue weighted by molar-refractivity contribution is 0.0240. The van der Waals surface area contributed by atoms with Crippen molar-refractivity contribution in [2.24, 2.45) is 0 Å². The third kappa shape index (κ3) is 4.27. The average molecular weight is 496 g/mol. The molecule has 182 valence electrons. The maximum Gasteiger partial charge on any atom is 0.410 e. The zero-order valence-electron chi connectivity index (χ0n) is 19.7. The Labute approximate surface area is 206 Å². The maximum atomic E-state index is 13.0. The lowest BCUT2D eigenvalue weighted by Gasteiger charge is -2.36. The summed E-state index contributed by atoms with van der Waals surface area (Å²) in [6.07, 6.45) is -0.286. The van der Waals surface area contributed by atoms with E-state index in [-0.39, 0.29) is 28.6 Å². The van der Waals surface area contributed by atoms with Gasteiger partial charge in [-0.3, -0.25) is 4.79 Å². The van der Waals surface area contributed by atoms with Gasteiger partial charge in [-0.1, -0.05) is 29.8 Å². The van der Waals surface area contributed by atoms with Crippen LogP contribution in [0.1, 0.15) is 20.8 Å². The number of rotatable bonds is 2. The van der Waals surface area contributed by atoms with Crippen molar-refractivity contribution in [2.75, 3.05) is 36.8 Å². The van der Waals surface area contributed by atoms with Crippen molar-refractivity contribution in [1.82, 2.24) is 14.5 Å². The van der Waals surface area contributed by atoms with Crippen LogP contribution >= 0.6 is 11.6 Å². The topological polar surface area (TPSA) is 106 Å². The Morgan fingerprint density at radius 1 is 1.09 bits per heavy atom. The van der Waals surface area contributed by atoms with Gasteiger partial charge in [-0.05, 0) is 50.6 Å². The van der Waals surface area contributed by atoms with Crippen LogP contribution in [-0.4, -0.2) is 52.4 Å². The van der Waals surface area contributed by atoms with Gasteiger partial charge < -0.3 is 24.7 Å². The number of anilines is 2. The normalized spacial score (nSPS) is 14.6. The third-order valence-electron chi connectivity index (χ3n) is 5.91. The molecule has 1 aliphatic rings. The first-order valence-electron chi connectivity index (χ1n) is 11.4. The van der Waals surface area contributed by atoms with Gasteiger partial charge in [0, 0.05) is 31.9 Å². The first-order chi connectivity index (χ1) is 16.6. The molecule has 35 heavy (non-hydrogen) atoms. The second-order valence-electron chi connectivity index (χ2n) is 9.50. The van der Waals surface area contributed by atoms with Crippen LogP contribution in [0.2, 0.25) is 5.02 Å². The summed E-state index contributed by atoms with van der Waals surface area (Å²) in [6.45, 7) is 8.14. The summed E-state index contributed by atoms with van der Waals surface area (Å²) in [7, 11) is 0. The molecule has 2 N–H and O–H groups in total. The summed E-state index contributed by atoms with van der Waals surface area (Å²) >= 11 is 6.21. The highest BCUT2D eigenvalue weighted by Crippen LogP contribution is 2.33. The number of halogens is 1. The molecular weight excluding hydrogens is 470 g/mol. The van der Waals surface area contributed by atoms with Crippen LogP contribution in [0.4, 0.5) is 16.3 Å². The monoisotopic (exact) mass is 495 g/mol. The van der Waals surface area contributed by atoms with E-state index in [1.54, 1.807) is 23.1 Å². The van der Waals surface area contributed by atoms with E-state index in [1.165, 1.54) is 0 Å². The SMILES string of the molecule is CC(C)(C)OC(=O)N1CCN(c2ccc(-c3c(N)nn4c(=O)c5c(Cl)cccc5oc34)cc2)CC1. The summed E-state index contributed by atoms with van der Waals surface area (Å²) in [5, 5.41) is 4.77. The Bertz CT molecular complexity index is 1480. The van der Waals surface area contributed by atoms with Crippen molar-refractivity contribution in [1.29, 1.82) is 0 Å². The van der Waals surface area contributed by atoms with Gasteiger partial charge in [0.1, 0.15) is 16.6 Å². The number of nitrogen functional groups attached to an aromatic ring is 1. The average Bonchev–Trinajstić information content (AvgIpc) is 3.14. The van der Waals surface area contributed by atoms with E-state index in [0.717, 1.165) is 15.8 Å². The Hall–Kier alpha value is -3.72. The summed E-state index contributed by atoms with van der Waals surface area (Å²) in [6, 6.07) is 12.9. The van der Waals surface area contributed by atoms with Gasteiger partial charge in [0.25, 0.3) is 5.56 Å². The molecule has 1 aliphatic heterocycles. The molecule has 2 aromatic carbocycles. The fraction of sp³-hybridized carbons (Fsp3) is 0.320. The number of nitrogens with zero attached hydrogens (tertiary/aromatic N) is 4. The molecule has 2 aromatic heterocycles. The number of carbonyl (C=O) groups excluding carboxylic acids is 1. The smallest absolute Gasteiger partial charge is 0.410 e. The number of hydrogen-bond donors (Lipinski definition) is 1. The molecule has 5 rings (SSSR count). The fourth-order valence-corrected chi connectivity index (χ4v) is 4.49. The number of aromatic nitrogens is 2. The van der Waals surface area contributed by atoms with Crippen LogP contribution in [0.15, 0.2) is 51.7 Å². The van der Waals surface area contributed by atoms with Crippen molar-refractivity contribution < 1.29 is 13.9 Å². The molecule has 10 heteroatoms. The zero-order valence-corrected chi connectivity index (χ0v) is 20.5. The van der Waals surface area contributed by atoms with E-state index in [2.05, 4.69) is 10.00 Å². The molecule has 0 bridgehead atoms. The number of benzene rings is 2. The van der Waals surface area contributed by atoms with E-state index in [1.807, 2.05) is 45.0 Å². The van der Waals surface area contributed by atoms with Gasteiger partial charge in [-0.15, -0.1) is 5.10 Å². The molecule has 4 aromatic rings. The number of hydrogen-bond acceptors (Lipinski definition) is 7. The minimum Gasteiger partial charge on any atom is -0.444 e. The van der Waals surface area contributed by atoms with E-state index < -0.39 is 5.60 Å². The number of ether oxygens (including phenoxy) is 1. The predicted octanol–water partition coefficient (Wildman–Crippen LogP) is 4.40. The van der Waals surface area contributed by atoms with Crippen molar-refractivity contribution >= 4 is 45.9 Å². The Balaban J connectivity index is 1.39. The molecule has 1 amide bonds. The number of amides is 1. The summed E-state index contributed by atoms with van der Waals surface area (Å²) in [4.78, 5) is 29.2. The molecule has 9 nitrogen and oxygen atoms in total. The number of piperazine rings is 1. The number of carbonyl (C=O) groups is 1. The third-order valence-corrected chi connectivity index (χ3v) is 6.23. The van der Waals surface area contributed by atoms with Crippen LogP contribution in [0.25, 0.3) is 27.8 Å². The van der Waals surface area contributed by atoms with Crippen LogP contribution in [-0.2, 0) is 4.74 Å². The van der Waals surface area contributed by atoms with E-state index >= 15 is 0 Å². The van der Waals surface area contributed by atoms with Crippen LogP contribution in [0, 0.1) is 0 Å². The maximum absolute atomic E-state index is 13.0. The Morgan fingerprint density at radius 2 is 1.77 bits per heavy atom.